The number of hydrogen-bond donors (Lipinski definition) is 2. The van der Waals surface area contributed by atoms with Crippen LogP contribution in [0, 0.1) is 35.2 Å². The van der Waals surface area contributed by atoms with Gasteiger partial charge in [0.25, 0.3) is 5.91 Å². The van der Waals surface area contributed by atoms with Crippen LogP contribution in [0.2, 0.25) is 5.02 Å². The average molecular weight is 609 g/mol. The molecule has 2 aliphatic carbocycles. The number of carbonyl (C=O) groups excluding carboxylic acids is 2. The standard InChI is InChI=1S/C30H23ClF6N2O3/c1-42-25-13-24(34)23(33)12-19(25)28(40)39-27-17-8-7-16(18(17)10-14-4-2-3-5-21(14)31)26(27)29(41)38-15-6-9-22(32)20(11-15)30(35,36)37/h2-6,9-13,16-17,26-27H,7-8H2,1H3,(H,38,41)(H,39,40)/t16?,17?,26-,27+/m0/s1. The van der Waals surface area contributed by atoms with Crippen molar-refractivity contribution < 1.29 is 40.7 Å². The average Bonchev–Trinajstić information content (AvgIpc) is 3.46. The summed E-state index contributed by atoms with van der Waals surface area (Å²) in [7, 11) is 1.18. The van der Waals surface area contributed by atoms with Gasteiger partial charge in [-0.05, 0) is 54.7 Å². The van der Waals surface area contributed by atoms with E-state index in [2.05, 4.69) is 10.6 Å². The summed E-state index contributed by atoms with van der Waals surface area (Å²) >= 11 is 6.35. The van der Waals surface area contributed by atoms with Gasteiger partial charge in [-0.2, -0.15) is 13.2 Å². The molecule has 0 saturated heterocycles. The van der Waals surface area contributed by atoms with Crippen LogP contribution >= 0.6 is 11.6 Å². The molecular formula is C30H23ClF6N2O3. The van der Waals surface area contributed by atoms with Crippen LogP contribution in [0.15, 0.2) is 60.2 Å². The Bertz CT molecular complexity index is 1590. The van der Waals surface area contributed by atoms with Gasteiger partial charge >= 0.3 is 6.18 Å². The van der Waals surface area contributed by atoms with Gasteiger partial charge < -0.3 is 15.4 Å². The molecule has 12 heteroatoms. The molecule has 2 unspecified atom stereocenters. The van der Waals surface area contributed by atoms with Crippen molar-refractivity contribution in [3.05, 3.63) is 99.3 Å². The fourth-order valence-corrected chi connectivity index (χ4v) is 6.10. The number of fused-ring (bicyclic) bond motifs is 2. The number of nitrogens with one attached hydrogen (secondary N) is 2. The minimum Gasteiger partial charge on any atom is -0.496 e. The maximum absolute atomic E-state index is 14.1. The second-order valence-corrected chi connectivity index (χ2v) is 10.5. The first-order valence-corrected chi connectivity index (χ1v) is 13.2. The predicted octanol–water partition coefficient (Wildman–Crippen LogP) is 7.26. The van der Waals surface area contributed by atoms with Crippen LogP contribution in [-0.4, -0.2) is 25.0 Å². The van der Waals surface area contributed by atoms with Crippen LogP contribution in [0.3, 0.4) is 0 Å². The van der Waals surface area contributed by atoms with Gasteiger partial charge in [-0.15, -0.1) is 0 Å². The highest BCUT2D eigenvalue weighted by Crippen LogP contribution is 2.54. The topological polar surface area (TPSA) is 67.4 Å². The third-order valence-electron chi connectivity index (χ3n) is 7.75. The van der Waals surface area contributed by atoms with Crippen LogP contribution in [0.25, 0.3) is 6.08 Å². The number of anilines is 1. The number of hydrogen-bond acceptors (Lipinski definition) is 3. The summed E-state index contributed by atoms with van der Waals surface area (Å²) in [5, 5.41) is 5.65. The lowest BCUT2D eigenvalue weighted by Crippen LogP contribution is -2.48. The molecule has 0 spiro atoms. The third-order valence-corrected chi connectivity index (χ3v) is 8.10. The summed E-state index contributed by atoms with van der Waals surface area (Å²) in [5.41, 5.74) is -0.639. The quantitative estimate of drug-likeness (QED) is 0.290. The zero-order chi connectivity index (χ0) is 30.3. The highest BCUT2D eigenvalue weighted by molar-refractivity contribution is 6.32. The Kier molecular flexibility index (Phi) is 7.98. The minimum atomic E-state index is -4.98. The van der Waals surface area contributed by atoms with Gasteiger partial charge in [0.05, 0.1) is 24.2 Å². The molecule has 0 aliphatic heterocycles. The molecule has 2 aliphatic rings. The molecule has 3 aromatic carbocycles. The van der Waals surface area contributed by atoms with E-state index in [-0.39, 0.29) is 22.9 Å². The molecule has 220 valence electrons. The maximum atomic E-state index is 14.1. The molecule has 2 fully saturated rings. The molecule has 0 aromatic heterocycles. The summed E-state index contributed by atoms with van der Waals surface area (Å²) in [6.07, 6.45) is -2.05. The summed E-state index contributed by atoms with van der Waals surface area (Å²) in [4.78, 5) is 27.0. The first-order chi connectivity index (χ1) is 19.9. The zero-order valence-corrected chi connectivity index (χ0v) is 22.6. The number of alkyl halides is 3. The van der Waals surface area contributed by atoms with E-state index in [1.807, 2.05) is 6.08 Å². The van der Waals surface area contributed by atoms with Crippen molar-refractivity contribution in [3.8, 4) is 5.75 Å². The van der Waals surface area contributed by atoms with Gasteiger partial charge in [-0.25, -0.2) is 13.2 Å². The fraction of sp³-hybridized carbons (Fsp3) is 0.267. The van der Waals surface area contributed by atoms with Gasteiger partial charge in [0.15, 0.2) is 11.6 Å². The van der Waals surface area contributed by atoms with E-state index in [0.717, 1.165) is 17.7 Å². The largest absolute Gasteiger partial charge is 0.496 e. The van der Waals surface area contributed by atoms with E-state index in [0.29, 0.717) is 41.6 Å². The van der Waals surface area contributed by atoms with Crippen LogP contribution in [-0.2, 0) is 11.0 Å². The van der Waals surface area contributed by atoms with E-state index < -0.39 is 58.9 Å². The Morgan fingerprint density at radius 1 is 0.952 bits per heavy atom. The number of rotatable bonds is 6. The molecule has 5 rings (SSSR count). The summed E-state index contributed by atoms with van der Waals surface area (Å²) in [5.74, 6) is -7.51. The molecule has 0 heterocycles. The Morgan fingerprint density at radius 3 is 2.33 bits per heavy atom. The first kappa shape index (κ1) is 29.5. The van der Waals surface area contributed by atoms with Crippen molar-refractivity contribution >= 4 is 35.2 Å². The number of ether oxygens (including phenoxy) is 1. The van der Waals surface area contributed by atoms with Crippen LogP contribution in [0.5, 0.6) is 5.75 Å². The van der Waals surface area contributed by atoms with Crippen molar-refractivity contribution in [2.24, 2.45) is 17.8 Å². The summed E-state index contributed by atoms with van der Waals surface area (Å²) < 4.78 is 86.6. The van der Waals surface area contributed by atoms with Crippen LogP contribution < -0.4 is 15.4 Å². The Hall–Kier alpha value is -3.99. The van der Waals surface area contributed by atoms with Crippen LogP contribution in [0.4, 0.5) is 32.0 Å². The number of carbonyl (C=O) groups is 2. The fourth-order valence-electron chi connectivity index (χ4n) is 5.91. The molecule has 42 heavy (non-hydrogen) atoms. The van der Waals surface area contributed by atoms with Gasteiger partial charge in [0.2, 0.25) is 5.91 Å². The Labute approximate surface area is 241 Å². The lowest BCUT2D eigenvalue weighted by atomic mass is 9.83. The lowest BCUT2D eigenvalue weighted by Gasteiger charge is -2.30. The Morgan fingerprint density at radius 2 is 1.64 bits per heavy atom. The van der Waals surface area contributed by atoms with Crippen LogP contribution in [0.1, 0.15) is 34.3 Å². The summed E-state index contributed by atoms with van der Waals surface area (Å²) in [6.45, 7) is 0. The van der Waals surface area contributed by atoms with Crippen molar-refractivity contribution in [1.82, 2.24) is 5.32 Å². The van der Waals surface area contributed by atoms with Crippen molar-refractivity contribution in [2.75, 3.05) is 12.4 Å². The summed E-state index contributed by atoms with van der Waals surface area (Å²) in [6, 6.07) is 9.66. The molecule has 2 bridgehead atoms. The second kappa shape index (κ2) is 11.4. The normalized spacial score (nSPS) is 22.3. The highest BCUT2D eigenvalue weighted by atomic mass is 35.5. The highest BCUT2D eigenvalue weighted by Gasteiger charge is 2.54. The molecule has 3 aromatic rings. The molecule has 2 amide bonds. The Balaban J connectivity index is 1.51. The smallest absolute Gasteiger partial charge is 0.419 e. The van der Waals surface area contributed by atoms with E-state index in [4.69, 9.17) is 16.3 Å². The number of halogens is 7. The van der Waals surface area contributed by atoms with E-state index >= 15 is 0 Å². The molecule has 5 nitrogen and oxygen atoms in total. The van der Waals surface area contributed by atoms with Crippen molar-refractivity contribution in [3.63, 3.8) is 0 Å². The molecule has 2 N–H and O–H groups in total. The molecule has 4 atom stereocenters. The van der Waals surface area contributed by atoms with Crippen molar-refractivity contribution in [2.45, 2.75) is 25.1 Å². The van der Waals surface area contributed by atoms with Gasteiger partial charge in [-0.3, -0.25) is 9.59 Å². The minimum absolute atomic E-state index is 0.228. The lowest BCUT2D eigenvalue weighted by molar-refractivity contribution is -0.140. The number of methoxy groups -OCH3 is 1. The molecular weight excluding hydrogens is 586 g/mol. The predicted molar refractivity (Wildman–Crippen MR) is 143 cm³/mol. The van der Waals surface area contributed by atoms with Gasteiger partial charge in [-0.1, -0.05) is 41.4 Å². The maximum Gasteiger partial charge on any atom is 0.419 e. The monoisotopic (exact) mass is 608 g/mol. The SMILES string of the molecule is COc1cc(F)c(F)cc1C(=O)N[C@@H]1C2CCC(C2=Cc2ccccc2Cl)[C@@H]1C(=O)Nc1ccc(F)c(C(F)(F)F)c1. The number of amides is 2. The van der Waals surface area contributed by atoms with E-state index in [9.17, 15) is 35.9 Å². The van der Waals surface area contributed by atoms with E-state index in [1.165, 1.54) is 7.11 Å². The second-order valence-electron chi connectivity index (χ2n) is 10.1. The van der Waals surface area contributed by atoms with Gasteiger partial charge in [0.1, 0.15) is 11.6 Å². The van der Waals surface area contributed by atoms with E-state index in [1.54, 1.807) is 24.3 Å². The third kappa shape index (κ3) is 5.57. The zero-order valence-electron chi connectivity index (χ0n) is 21.9. The number of benzene rings is 3. The molecule has 0 radical (unpaired) electrons. The van der Waals surface area contributed by atoms with Gasteiger partial charge in [0, 0.05) is 28.7 Å². The van der Waals surface area contributed by atoms with Crippen molar-refractivity contribution in [1.29, 1.82) is 0 Å². The first-order valence-electron chi connectivity index (χ1n) is 12.9. The molecule has 2 saturated carbocycles.